The molecule has 2 heterocycles. The van der Waals surface area contributed by atoms with Crippen molar-refractivity contribution >= 4 is 27.5 Å². The first-order valence-electron chi connectivity index (χ1n) is 7.07. The molecule has 0 aromatic carbocycles. The number of carbonyl (C=O) groups is 1. The zero-order chi connectivity index (χ0) is 14.5. The Hall–Kier alpha value is -1.42. The highest BCUT2D eigenvalue weighted by molar-refractivity contribution is 7.20. The number of aryl methyl sites for hydroxylation is 1. The van der Waals surface area contributed by atoms with Gasteiger partial charge >= 0.3 is 0 Å². The Balaban J connectivity index is 2.02. The molecule has 1 aliphatic carbocycles. The number of pyridine rings is 1. The van der Waals surface area contributed by atoms with Gasteiger partial charge in [-0.05, 0) is 48.3 Å². The van der Waals surface area contributed by atoms with Gasteiger partial charge in [0.1, 0.15) is 4.83 Å². The lowest BCUT2D eigenvalue weighted by Crippen LogP contribution is -2.27. The first kappa shape index (κ1) is 13.6. The van der Waals surface area contributed by atoms with Crippen molar-refractivity contribution in [3.63, 3.8) is 0 Å². The lowest BCUT2D eigenvalue weighted by molar-refractivity contribution is 0.100. The zero-order valence-electron chi connectivity index (χ0n) is 12.2. The van der Waals surface area contributed by atoms with Gasteiger partial charge in [-0.1, -0.05) is 20.8 Å². The second kappa shape index (κ2) is 4.55. The third-order valence-corrected chi connectivity index (χ3v) is 5.40. The molecule has 3 nitrogen and oxygen atoms in total. The summed E-state index contributed by atoms with van der Waals surface area (Å²) in [6.07, 6.45) is 3.32. The van der Waals surface area contributed by atoms with Crippen molar-refractivity contribution in [1.29, 1.82) is 0 Å². The topological polar surface area (TPSA) is 56.0 Å². The van der Waals surface area contributed by atoms with Crippen LogP contribution < -0.4 is 5.73 Å². The third-order valence-electron chi connectivity index (χ3n) is 4.34. The Labute approximate surface area is 123 Å². The van der Waals surface area contributed by atoms with Gasteiger partial charge in [0, 0.05) is 11.1 Å². The monoisotopic (exact) mass is 288 g/mol. The lowest BCUT2D eigenvalue weighted by atomic mass is 9.71. The molecule has 1 atom stereocenters. The van der Waals surface area contributed by atoms with Crippen molar-refractivity contribution in [3.05, 3.63) is 28.3 Å². The van der Waals surface area contributed by atoms with E-state index in [0.29, 0.717) is 16.2 Å². The van der Waals surface area contributed by atoms with Gasteiger partial charge in [-0.3, -0.25) is 4.79 Å². The van der Waals surface area contributed by atoms with Crippen molar-refractivity contribution < 1.29 is 4.79 Å². The Morgan fingerprint density at radius 1 is 1.40 bits per heavy atom. The highest BCUT2D eigenvalue weighted by atomic mass is 32.1. The highest BCUT2D eigenvalue weighted by Crippen LogP contribution is 2.38. The molecule has 0 unspecified atom stereocenters. The van der Waals surface area contributed by atoms with Crippen LogP contribution in [0.25, 0.3) is 10.2 Å². The van der Waals surface area contributed by atoms with E-state index in [1.165, 1.54) is 29.0 Å². The normalized spacial score (nSPS) is 19.1. The number of nitrogens with zero attached hydrogens (tertiary/aromatic N) is 1. The summed E-state index contributed by atoms with van der Waals surface area (Å²) in [7, 11) is 0. The standard InChI is InChI=1S/C16H20N2OS/c1-16(2,3)11-4-5-12-9(7-11)6-10-8-13(14(17)19)20-15(10)18-12/h6,8,11H,4-5,7H2,1-3H3,(H2,17,19)/t11-/m1/s1. The molecule has 1 amide bonds. The van der Waals surface area contributed by atoms with Crippen LogP contribution in [0.5, 0.6) is 0 Å². The number of nitrogens with two attached hydrogens (primary N) is 1. The van der Waals surface area contributed by atoms with E-state index >= 15 is 0 Å². The summed E-state index contributed by atoms with van der Waals surface area (Å²) in [4.78, 5) is 17.6. The van der Waals surface area contributed by atoms with Crippen LogP contribution in [0.1, 0.15) is 48.1 Å². The van der Waals surface area contributed by atoms with Crippen LogP contribution in [0.2, 0.25) is 0 Å². The maximum Gasteiger partial charge on any atom is 0.258 e. The molecule has 1 aliphatic rings. The smallest absolute Gasteiger partial charge is 0.258 e. The van der Waals surface area contributed by atoms with Crippen LogP contribution in [0.15, 0.2) is 12.1 Å². The minimum Gasteiger partial charge on any atom is -0.365 e. The number of primary amides is 1. The Morgan fingerprint density at radius 2 is 2.15 bits per heavy atom. The van der Waals surface area contributed by atoms with Gasteiger partial charge in [-0.15, -0.1) is 11.3 Å². The predicted molar refractivity (Wildman–Crippen MR) is 83.1 cm³/mol. The molecule has 0 saturated carbocycles. The maximum absolute atomic E-state index is 11.3. The zero-order valence-corrected chi connectivity index (χ0v) is 13.0. The summed E-state index contributed by atoms with van der Waals surface area (Å²) >= 11 is 1.40. The van der Waals surface area contributed by atoms with Gasteiger partial charge in [0.2, 0.25) is 0 Å². The molecule has 0 spiro atoms. The Morgan fingerprint density at radius 3 is 2.80 bits per heavy atom. The van der Waals surface area contributed by atoms with Gasteiger partial charge in [-0.25, -0.2) is 4.98 Å². The van der Waals surface area contributed by atoms with Crippen LogP contribution in [0.4, 0.5) is 0 Å². The van der Waals surface area contributed by atoms with Crippen molar-refractivity contribution in [2.24, 2.45) is 17.1 Å². The Bertz CT molecular complexity index is 682. The summed E-state index contributed by atoms with van der Waals surface area (Å²) in [5, 5.41) is 1.05. The van der Waals surface area contributed by atoms with Crippen molar-refractivity contribution in [3.8, 4) is 0 Å². The summed E-state index contributed by atoms with van der Waals surface area (Å²) in [6.45, 7) is 6.93. The number of amides is 1. The number of thiophene rings is 1. The molecule has 2 aromatic rings. The van der Waals surface area contributed by atoms with E-state index in [1.54, 1.807) is 0 Å². The minimum absolute atomic E-state index is 0.333. The van der Waals surface area contributed by atoms with Crippen LogP contribution in [-0.4, -0.2) is 10.9 Å². The van der Waals surface area contributed by atoms with E-state index in [9.17, 15) is 4.79 Å². The van der Waals surface area contributed by atoms with E-state index in [-0.39, 0.29) is 5.91 Å². The summed E-state index contributed by atoms with van der Waals surface area (Å²) < 4.78 is 0. The molecule has 106 valence electrons. The molecule has 2 aromatic heterocycles. The second-order valence-corrected chi connectivity index (χ2v) is 7.80. The summed E-state index contributed by atoms with van der Waals surface area (Å²) in [6, 6.07) is 4.08. The van der Waals surface area contributed by atoms with E-state index in [0.717, 1.165) is 23.1 Å². The van der Waals surface area contributed by atoms with Crippen LogP contribution >= 0.6 is 11.3 Å². The van der Waals surface area contributed by atoms with E-state index in [2.05, 4.69) is 26.8 Å². The molecule has 2 N–H and O–H groups in total. The second-order valence-electron chi connectivity index (χ2n) is 6.77. The molecule has 0 bridgehead atoms. The molecule has 4 heteroatoms. The first-order valence-corrected chi connectivity index (χ1v) is 7.88. The molecule has 0 fully saturated rings. The van der Waals surface area contributed by atoms with E-state index in [4.69, 9.17) is 10.7 Å². The van der Waals surface area contributed by atoms with Gasteiger partial charge in [0.05, 0.1) is 4.88 Å². The average Bonchev–Trinajstić information content (AvgIpc) is 2.77. The number of rotatable bonds is 1. The van der Waals surface area contributed by atoms with E-state index < -0.39 is 0 Å². The van der Waals surface area contributed by atoms with Crippen LogP contribution in [-0.2, 0) is 12.8 Å². The van der Waals surface area contributed by atoms with Gasteiger partial charge in [0.25, 0.3) is 5.91 Å². The summed E-state index contributed by atoms with van der Waals surface area (Å²) in [5.74, 6) is 0.335. The quantitative estimate of drug-likeness (QED) is 0.872. The molecule has 0 saturated heterocycles. The third kappa shape index (κ3) is 2.33. The SMILES string of the molecule is CC(C)(C)[C@@H]1CCc2nc3sc(C(N)=O)cc3cc2C1. The fourth-order valence-electron chi connectivity index (χ4n) is 2.98. The van der Waals surface area contributed by atoms with E-state index in [1.807, 2.05) is 6.07 Å². The molecule has 20 heavy (non-hydrogen) atoms. The van der Waals surface area contributed by atoms with Crippen LogP contribution in [0.3, 0.4) is 0 Å². The number of carbonyl (C=O) groups excluding carboxylic acids is 1. The largest absolute Gasteiger partial charge is 0.365 e. The van der Waals surface area contributed by atoms with Crippen molar-refractivity contribution in [2.75, 3.05) is 0 Å². The minimum atomic E-state index is -0.362. The predicted octanol–water partition coefficient (Wildman–Crippen LogP) is 3.55. The molecule has 3 rings (SSSR count). The summed E-state index contributed by atoms with van der Waals surface area (Å²) in [5.41, 5.74) is 8.24. The number of hydrogen-bond acceptors (Lipinski definition) is 3. The van der Waals surface area contributed by atoms with Gasteiger partial charge in [-0.2, -0.15) is 0 Å². The maximum atomic E-state index is 11.3. The fraction of sp³-hybridized carbons (Fsp3) is 0.500. The van der Waals surface area contributed by atoms with Crippen molar-refractivity contribution in [1.82, 2.24) is 4.98 Å². The molecular weight excluding hydrogens is 268 g/mol. The molecular formula is C16H20N2OS. The number of fused-ring (bicyclic) bond motifs is 2. The number of aromatic nitrogens is 1. The lowest BCUT2D eigenvalue weighted by Gasteiger charge is -2.34. The van der Waals surface area contributed by atoms with Gasteiger partial charge in [0.15, 0.2) is 0 Å². The highest BCUT2D eigenvalue weighted by Gasteiger charge is 2.29. The molecule has 0 radical (unpaired) electrons. The van der Waals surface area contributed by atoms with Crippen LogP contribution in [0, 0.1) is 11.3 Å². The molecule has 0 aliphatic heterocycles. The average molecular weight is 288 g/mol. The number of hydrogen-bond donors (Lipinski definition) is 1. The van der Waals surface area contributed by atoms with Crippen molar-refractivity contribution in [2.45, 2.75) is 40.0 Å². The Kier molecular flexibility index (Phi) is 3.09. The first-order chi connectivity index (χ1) is 9.34. The van der Waals surface area contributed by atoms with Gasteiger partial charge < -0.3 is 5.73 Å². The fourth-order valence-corrected chi connectivity index (χ4v) is 3.87.